The molecule has 0 aliphatic rings. The van der Waals surface area contributed by atoms with Gasteiger partial charge in [0.25, 0.3) is 8.32 Å². The van der Waals surface area contributed by atoms with Crippen molar-refractivity contribution in [3.8, 4) is 23.1 Å². The summed E-state index contributed by atoms with van der Waals surface area (Å²) in [7, 11) is -3.26. The molecule has 2 aromatic heterocycles. The highest BCUT2D eigenvalue weighted by Gasteiger charge is 2.48. The Labute approximate surface area is 289 Å². The Morgan fingerprint density at radius 1 is 0.918 bits per heavy atom. The molecule has 262 valence electrons. The van der Waals surface area contributed by atoms with Crippen LogP contribution in [0.1, 0.15) is 58.2 Å². The summed E-state index contributed by atoms with van der Waals surface area (Å²) < 4.78 is 62.3. The van der Waals surface area contributed by atoms with Crippen LogP contribution in [0.5, 0.6) is 23.1 Å². The number of halogens is 1. The van der Waals surface area contributed by atoms with E-state index in [1.165, 1.54) is 12.1 Å². The van der Waals surface area contributed by atoms with Crippen molar-refractivity contribution in [3.05, 3.63) is 83.4 Å². The Hall–Kier alpha value is -4.29. The summed E-state index contributed by atoms with van der Waals surface area (Å²) in [6.07, 6.45) is 5.01. The smallest absolute Gasteiger partial charge is 0.258 e. The standard InChI is InChI=1S/C37H46FN3O6SSi/c1-22(2)49(23(3)4,24(5)6)47-36-33-31(21-41(37(33)42)20-27-12-15-29(45-7)18-32(27)46-8)34(40-48(9,43)44)30-17-26(19-39-35(30)36)16-25-10-13-28(38)14-11-25/h10-15,17-19,21-24,40,42H,16,20H2,1-9H3. The molecule has 0 aliphatic heterocycles. The third-order valence-corrected chi connectivity index (χ3v) is 16.0. The predicted octanol–water partition coefficient (Wildman–Crippen LogP) is 8.62. The first kappa shape index (κ1) is 36.0. The van der Waals surface area contributed by atoms with Gasteiger partial charge in [-0.25, -0.2) is 12.8 Å². The molecule has 2 heterocycles. The predicted molar refractivity (Wildman–Crippen MR) is 197 cm³/mol. The van der Waals surface area contributed by atoms with Gasteiger partial charge in [-0.1, -0.05) is 53.7 Å². The van der Waals surface area contributed by atoms with Gasteiger partial charge in [-0.05, 0) is 64.5 Å². The summed E-state index contributed by atoms with van der Waals surface area (Å²) in [6, 6.07) is 13.6. The number of ether oxygens (including phenoxy) is 2. The number of hydrogen-bond donors (Lipinski definition) is 2. The summed E-state index contributed by atoms with van der Waals surface area (Å²) in [4.78, 5) is 4.91. The number of rotatable bonds is 13. The molecule has 0 radical (unpaired) electrons. The van der Waals surface area contributed by atoms with E-state index in [1.54, 1.807) is 49.4 Å². The van der Waals surface area contributed by atoms with Crippen LogP contribution < -0.4 is 18.6 Å². The van der Waals surface area contributed by atoms with Crippen molar-refractivity contribution in [1.82, 2.24) is 9.55 Å². The molecule has 0 unspecified atom stereocenters. The lowest BCUT2D eigenvalue weighted by Gasteiger charge is -2.42. The minimum atomic E-state index is -3.78. The number of methoxy groups -OCH3 is 2. The van der Waals surface area contributed by atoms with Crippen molar-refractivity contribution < 1.29 is 31.8 Å². The van der Waals surface area contributed by atoms with Gasteiger partial charge < -0.3 is 23.6 Å². The number of nitrogens with one attached hydrogen (secondary N) is 1. The van der Waals surface area contributed by atoms with Gasteiger partial charge in [-0.15, -0.1) is 0 Å². The zero-order valence-electron chi connectivity index (χ0n) is 29.6. The normalized spacial score (nSPS) is 12.4. The Kier molecular flexibility index (Phi) is 10.2. The van der Waals surface area contributed by atoms with E-state index >= 15 is 0 Å². The number of hydrogen-bond acceptors (Lipinski definition) is 7. The second kappa shape index (κ2) is 13.9. The second-order valence-electron chi connectivity index (χ2n) is 13.6. The van der Waals surface area contributed by atoms with Crippen LogP contribution >= 0.6 is 0 Å². The quantitative estimate of drug-likeness (QED) is 0.118. The van der Waals surface area contributed by atoms with Crippen molar-refractivity contribution in [2.75, 3.05) is 25.2 Å². The van der Waals surface area contributed by atoms with Crippen molar-refractivity contribution >= 4 is 45.7 Å². The van der Waals surface area contributed by atoms with Crippen LogP contribution in [0.2, 0.25) is 16.6 Å². The number of nitrogens with zero attached hydrogens (tertiary/aromatic N) is 2. The van der Waals surface area contributed by atoms with Gasteiger partial charge in [0.2, 0.25) is 15.9 Å². The summed E-state index contributed by atoms with van der Waals surface area (Å²) in [6.45, 7) is 13.3. The highest BCUT2D eigenvalue weighted by Crippen LogP contribution is 2.51. The Morgan fingerprint density at radius 2 is 1.57 bits per heavy atom. The molecule has 49 heavy (non-hydrogen) atoms. The van der Waals surface area contributed by atoms with Gasteiger partial charge in [0.15, 0.2) is 0 Å². The fraction of sp³-hybridized carbons (Fsp3) is 0.378. The van der Waals surface area contributed by atoms with Gasteiger partial charge in [-0.3, -0.25) is 9.71 Å². The Bertz CT molecular complexity index is 2070. The van der Waals surface area contributed by atoms with Crippen molar-refractivity contribution in [3.63, 3.8) is 0 Å². The summed E-state index contributed by atoms with van der Waals surface area (Å²) in [5.41, 5.74) is 3.79. The number of anilines is 1. The molecule has 0 spiro atoms. The van der Waals surface area contributed by atoms with Gasteiger partial charge in [0.05, 0.1) is 38.1 Å². The first-order chi connectivity index (χ1) is 23.1. The number of aromatic nitrogens is 2. The zero-order chi connectivity index (χ0) is 35.8. The maximum Gasteiger partial charge on any atom is 0.258 e. The molecule has 5 rings (SSSR count). The van der Waals surface area contributed by atoms with Crippen LogP contribution in [0.3, 0.4) is 0 Å². The molecule has 0 aliphatic carbocycles. The van der Waals surface area contributed by atoms with Gasteiger partial charge in [-0.2, -0.15) is 0 Å². The third kappa shape index (κ3) is 7.07. The zero-order valence-corrected chi connectivity index (χ0v) is 31.4. The maximum atomic E-state index is 13.7. The number of fused-ring (bicyclic) bond motifs is 2. The highest BCUT2D eigenvalue weighted by atomic mass is 32.2. The molecule has 3 aromatic carbocycles. The average Bonchev–Trinajstić information content (AvgIpc) is 3.36. The lowest BCUT2D eigenvalue weighted by Crippen LogP contribution is -2.50. The minimum absolute atomic E-state index is 0.0855. The molecule has 12 heteroatoms. The molecule has 0 saturated heterocycles. The molecular formula is C37H46FN3O6SSi. The average molecular weight is 708 g/mol. The second-order valence-corrected chi connectivity index (χ2v) is 20.7. The van der Waals surface area contributed by atoms with E-state index in [4.69, 9.17) is 18.9 Å². The van der Waals surface area contributed by atoms with E-state index in [0.717, 1.165) is 22.9 Å². The molecule has 0 atom stereocenters. The minimum Gasteiger partial charge on any atom is -0.541 e. The van der Waals surface area contributed by atoms with Gasteiger partial charge in [0, 0.05) is 34.8 Å². The molecule has 0 saturated carbocycles. The lowest BCUT2D eigenvalue weighted by molar-refractivity contribution is 0.387. The summed E-state index contributed by atoms with van der Waals surface area (Å²) in [5.74, 6) is 1.22. The largest absolute Gasteiger partial charge is 0.541 e. The summed E-state index contributed by atoms with van der Waals surface area (Å²) >= 11 is 0. The molecule has 2 N–H and O–H groups in total. The van der Waals surface area contributed by atoms with E-state index < -0.39 is 18.3 Å². The number of sulfonamides is 1. The van der Waals surface area contributed by atoms with Crippen LogP contribution in [0.15, 0.2) is 60.9 Å². The fourth-order valence-corrected chi connectivity index (χ4v) is 13.1. The van der Waals surface area contributed by atoms with Crippen LogP contribution in [0.4, 0.5) is 10.1 Å². The Morgan fingerprint density at radius 3 is 2.14 bits per heavy atom. The van der Waals surface area contributed by atoms with Crippen molar-refractivity contribution in [2.45, 2.75) is 71.1 Å². The van der Waals surface area contributed by atoms with Gasteiger partial charge in [0.1, 0.15) is 28.6 Å². The molecule has 9 nitrogen and oxygen atoms in total. The highest BCUT2D eigenvalue weighted by molar-refractivity contribution is 7.92. The van der Waals surface area contributed by atoms with E-state index in [1.807, 2.05) is 18.2 Å². The van der Waals surface area contributed by atoms with E-state index in [0.29, 0.717) is 45.3 Å². The van der Waals surface area contributed by atoms with E-state index in [2.05, 4.69) is 46.3 Å². The number of aromatic hydroxyl groups is 1. The number of benzene rings is 3. The number of pyridine rings is 1. The van der Waals surface area contributed by atoms with Gasteiger partial charge >= 0.3 is 0 Å². The summed E-state index contributed by atoms with van der Waals surface area (Å²) in [5, 5.41) is 13.4. The van der Waals surface area contributed by atoms with Crippen LogP contribution in [-0.2, 0) is 23.0 Å². The van der Waals surface area contributed by atoms with Crippen LogP contribution in [0, 0.1) is 5.82 Å². The lowest BCUT2D eigenvalue weighted by atomic mass is 10.0. The molecular weight excluding hydrogens is 662 g/mol. The van der Waals surface area contributed by atoms with Crippen LogP contribution in [0.25, 0.3) is 21.7 Å². The maximum absolute atomic E-state index is 13.7. The van der Waals surface area contributed by atoms with E-state index in [9.17, 15) is 17.9 Å². The van der Waals surface area contributed by atoms with Crippen molar-refractivity contribution in [1.29, 1.82) is 0 Å². The SMILES string of the molecule is COc1ccc(Cn2cc3c(NS(C)(=O)=O)c4cc(Cc5ccc(F)cc5)cnc4c(O[Si](C(C)C)(C(C)C)C(C)C)c3c2O)c(OC)c1. The molecule has 0 bridgehead atoms. The Balaban J connectivity index is 1.85. The van der Waals surface area contributed by atoms with Crippen molar-refractivity contribution in [2.24, 2.45) is 0 Å². The monoisotopic (exact) mass is 707 g/mol. The fourth-order valence-electron chi connectivity index (χ4n) is 7.25. The molecule has 0 amide bonds. The van der Waals surface area contributed by atoms with Crippen LogP contribution in [-0.4, -0.2) is 51.9 Å². The first-order valence-corrected chi connectivity index (χ1v) is 20.4. The first-order valence-electron chi connectivity index (χ1n) is 16.4. The molecule has 5 aromatic rings. The third-order valence-electron chi connectivity index (χ3n) is 9.40. The molecule has 0 fully saturated rings. The topological polar surface area (TPSA) is 112 Å². The van der Waals surface area contributed by atoms with E-state index in [-0.39, 0.29) is 40.6 Å².